The molecule has 6 heteroatoms. The highest BCUT2D eigenvalue weighted by atomic mass is 19.2. The third-order valence-electron chi connectivity index (χ3n) is 3.89. The zero-order valence-corrected chi connectivity index (χ0v) is 11.4. The van der Waals surface area contributed by atoms with E-state index in [2.05, 4.69) is 5.32 Å². The molecule has 0 bridgehead atoms. The van der Waals surface area contributed by atoms with Crippen LogP contribution >= 0.6 is 0 Å². The zero-order valence-electron chi connectivity index (χ0n) is 11.4. The molecule has 0 radical (unpaired) electrons. The van der Waals surface area contributed by atoms with Gasteiger partial charge in [0.2, 0.25) is 5.91 Å². The molecule has 0 heterocycles. The summed E-state index contributed by atoms with van der Waals surface area (Å²) in [6.45, 7) is 0.305. The van der Waals surface area contributed by atoms with Crippen LogP contribution < -0.4 is 5.32 Å². The van der Waals surface area contributed by atoms with Crippen LogP contribution in [0.2, 0.25) is 0 Å². The van der Waals surface area contributed by atoms with E-state index in [-0.39, 0.29) is 18.2 Å². The Morgan fingerprint density at radius 3 is 2.67 bits per heavy atom. The first-order valence-electron chi connectivity index (χ1n) is 6.91. The smallest absolute Gasteiger partial charge is 0.306 e. The molecule has 2 rings (SSSR count). The average molecular weight is 297 g/mol. The van der Waals surface area contributed by atoms with Crippen molar-refractivity contribution in [2.45, 2.75) is 25.7 Å². The van der Waals surface area contributed by atoms with Crippen molar-refractivity contribution in [3.8, 4) is 0 Å². The fourth-order valence-corrected chi connectivity index (χ4v) is 2.75. The lowest BCUT2D eigenvalue weighted by Gasteiger charge is -2.16. The molecule has 2 unspecified atom stereocenters. The van der Waals surface area contributed by atoms with E-state index in [9.17, 15) is 18.4 Å². The van der Waals surface area contributed by atoms with Crippen molar-refractivity contribution in [3.63, 3.8) is 0 Å². The van der Waals surface area contributed by atoms with Crippen molar-refractivity contribution in [2.75, 3.05) is 6.54 Å². The van der Waals surface area contributed by atoms with E-state index in [0.29, 0.717) is 18.5 Å². The molecule has 1 aromatic carbocycles. The van der Waals surface area contributed by atoms with Crippen LogP contribution in [0.3, 0.4) is 0 Å². The van der Waals surface area contributed by atoms with Gasteiger partial charge in [0, 0.05) is 6.54 Å². The number of carbonyl (C=O) groups excluding carboxylic acids is 1. The molecule has 21 heavy (non-hydrogen) atoms. The number of carboxylic acid groups (broad SMARTS) is 1. The van der Waals surface area contributed by atoms with E-state index in [1.807, 2.05) is 0 Å². The third-order valence-corrected chi connectivity index (χ3v) is 3.89. The minimum absolute atomic E-state index is 0.0539. The van der Waals surface area contributed by atoms with Crippen molar-refractivity contribution >= 4 is 11.9 Å². The summed E-state index contributed by atoms with van der Waals surface area (Å²) in [5.74, 6) is -3.55. The molecule has 1 aromatic rings. The molecule has 2 N–H and O–H groups in total. The molecule has 0 spiro atoms. The Kier molecular flexibility index (Phi) is 4.88. The molecule has 1 fully saturated rings. The quantitative estimate of drug-likeness (QED) is 0.875. The first kappa shape index (κ1) is 15.4. The van der Waals surface area contributed by atoms with Crippen LogP contribution in [0.5, 0.6) is 0 Å². The summed E-state index contributed by atoms with van der Waals surface area (Å²) in [6, 6.07) is 3.33. The first-order valence-corrected chi connectivity index (χ1v) is 6.91. The fraction of sp³-hybridized carbons (Fsp3) is 0.467. The van der Waals surface area contributed by atoms with Gasteiger partial charge in [0.15, 0.2) is 11.6 Å². The molecule has 0 saturated heterocycles. The SMILES string of the molecule is O=C(Cc1ccc(F)c(F)c1)NCC1CCCC1C(=O)O. The summed E-state index contributed by atoms with van der Waals surface area (Å²) in [5.41, 5.74) is 0.382. The molecule has 1 amide bonds. The maximum atomic E-state index is 13.0. The standard InChI is InChI=1S/C15H17F2NO3/c16-12-5-4-9(6-13(12)17)7-14(19)18-8-10-2-1-3-11(10)15(20)21/h4-6,10-11H,1-3,7-8H2,(H,18,19)(H,20,21). The van der Waals surface area contributed by atoms with Gasteiger partial charge in [-0.15, -0.1) is 0 Å². The molecular weight excluding hydrogens is 280 g/mol. The van der Waals surface area contributed by atoms with Crippen LogP contribution in [0.25, 0.3) is 0 Å². The highest BCUT2D eigenvalue weighted by molar-refractivity contribution is 5.78. The number of hydrogen-bond acceptors (Lipinski definition) is 2. The Morgan fingerprint density at radius 2 is 2.00 bits per heavy atom. The van der Waals surface area contributed by atoms with Crippen molar-refractivity contribution < 1.29 is 23.5 Å². The Labute approximate surface area is 121 Å². The summed E-state index contributed by atoms with van der Waals surface area (Å²) in [4.78, 5) is 22.8. The summed E-state index contributed by atoms with van der Waals surface area (Å²) in [5, 5.41) is 11.7. The number of hydrogen-bond donors (Lipinski definition) is 2. The van der Waals surface area contributed by atoms with E-state index in [1.54, 1.807) is 0 Å². The normalized spacial score (nSPS) is 21.2. The number of halogens is 2. The third kappa shape index (κ3) is 4.00. The van der Waals surface area contributed by atoms with E-state index >= 15 is 0 Å². The molecule has 4 nitrogen and oxygen atoms in total. The second-order valence-corrected chi connectivity index (χ2v) is 5.37. The highest BCUT2D eigenvalue weighted by Gasteiger charge is 2.32. The molecular formula is C15H17F2NO3. The number of nitrogens with one attached hydrogen (secondary N) is 1. The molecule has 1 aliphatic rings. The van der Waals surface area contributed by atoms with Gasteiger partial charge in [-0.2, -0.15) is 0 Å². The Hall–Kier alpha value is -1.98. The van der Waals surface area contributed by atoms with Crippen molar-refractivity contribution in [1.82, 2.24) is 5.32 Å². The van der Waals surface area contributed by atoms with Gasteiger partial charge in [0.25, 0.3) is 0 Å². The zero-order chi connectivity index (χ0) is 15.4. The monoisotopic (exact) mass is 297 g/mol. The van der Waals surface area contributed by atoms with Gasteiger partial charge < -0.3 is 10.4 Å². The molecule has 1 saturated carbocycles. The van der Waals surface area contributed by atoms with E-state index in [4.69, 9.17) is 5.11 Å². The van der Waals surface area contributed by atoms with E-state index in [0.717, 1.165) is 25.0 Å². The van der Waals surface area contributed by atoms with Crippen molar-refractivity contribution in [3.05, 3.63) is 35.4 Å². The second kappa shape index (κ2) is 6.65. The van der Waals surface area contributed by atoms with Gasteiger partial charge in [-0.3, -0.25) is 9.59 Å². The van der Waals surface area contributed by atoms with Crippen LogP contribution in [-0.2, 0) is 16.0 Å². The van der Waals surface area contributed by atoms with E-state index < -0.39 is 23.5 Å². The Morgan fingerprint density at radius 1 is 1.24 bits per heavy atom. The van der Waals surface area contributed by atoms with E-state index in [1.165, 1.54) is 6.07 Å². The summed E-state index contributed by atoms with van der Waals surface area (Å²) in [7, 11) is 0. The Balaban J connectivity index is 1.84. The van der Waals surface area contributed by atoms with Crippen LogP contribution in [0.1, 0.15) is 24.8 Å². The van der Waals surface area contributed by atoms with Gasteiger partial charge in [0.1, 0.15) is 0 Å². The van der Waals surface area contributed by atoms with Crippen molar-refractivity contribution in [1.29, 1.82) is 0 Å². The lowest BCUT2D eigenvalue weighted by atomic mass is 9.96. The van der Waals surface area contributed by atoms with Crippen LogP contribution in [0.15, 0.2) is 18.2 Å². The number of carboxylic acids is 1. The molecule has 114 valence electrons. The minimum atomic E-state index is -0.984. The van der Waals surface area contributed by atoms with Crippen LogP contribution in [0.4, 0.5) is 8.78 Å². The number of rotatable bonds is 5. The maximum absolute atomic E-state index is 13.0. The minimum Gasteiger partial charge on any atom is -0.481 e. The molecule has 1 aliphatic carbocycles. The summed E-state index contributed by atoms with van der Waals surface area (Å²) < 4.78 is 25.8. The largest absolute Gasteiger partial charge is 0.481 e. The maximum Gasteiger partial charge on any atom is 0.306 e. The number of benzene rings is 1. The van der Waals surface area contributed by atoms with Crippen LogP contribution in [-0.4, -0.2) is 23.5 Å². The first-order chi connectivity index (χ1) is 9.97. The lowest BCUT2D eigenvalue weighted by molar-refractivity contribution is -0.143. The molecule has 2 atom stereocenters. The van der Waals surface area contributed by atoms with Crippen LogP contribution in [0, 0.1) is 23.5 Å². The predicted molar refractivity (Wildman–Crippen MR) is 71.5 cm³/mol. The Bertz CT molecular complexity index is 548. The number of carbonyl (C=O) groups is 2. The molecule has 0 aliphatic heterocycles. The van der Waals surface area contributed by atoms with Gasteiger partial charge >= 0.3 is 5.97 Å². The van der Waals surface area contributed by atoms with Gasteiger partial charge in [-0.1, -0.05) is 12.5 Å². The highest BCUT2D eigenvalue weighted by Crippen LogP contribution is 2.31. The van der Waals surface area contributed by atoms with Crippen molar-refractivity contribution in [2.24, 2.45) is 11.8 Å². The second-order valence-electron chi connectivity index (χ2n) is 5.37. The average Bonchev–Trinajstić information content (AvgIpc) is 2.89. The fourth-order valence-electron chi connectivity index (χ4n) is 2.75. The number of amides is 1. The van der Waals surface area contributed by atoms with Gasteiger partial charge in [-0.25, -0.2) is 8.78 Å². The molecule has 0 aromatic heterocycles. The van der Waals surface area contributed by atoms with Gasteiger partial charge in [0.05, 0.1) is 12.3 Å². The predicted octanol–water partition coefficient (Wildman–Crippen LogP) is 2.12. The van der Waals surface area contributed by atoms with Gasteiger partial charge in [-0.05, 0) is 36.5 Å². The topological polar surface area (TPSA) is 66.4 Å². The lowest BCUT2D eigenvalue weighted by Crippen LogP contribution is -2.33. The summed E-state index contributed by atoms with van der Waals surface area (Å²) in [6.07, 6.45) is 2.21. The number of aliphatic carboxylic acids is 1. The summed E-state index contributed by atoms with van der Waals surface area (Å²) >= 11 is 0.